The van der Waals surface area contributed by atoms with Gasteiger partial charge in [-0.3, -0.25) is 0 Å². The molecule has 0 spiro atoms. The number of hydrogen-bond acceptors (Lipinski definition) is 6. The van der Waals surface area contributed by atoms with Gasteiger partial charge in [0, 0.05) is 0 Å². The first-order valence-corrected chi connectivity index (χ1v) is 5.86. The maximum absolute atomic E-state index is 10.6. The summed E-state index contributed by atoms with van der Waals surface area (Å²) in [5.41, 5.74) is 0.788. The summed E-state index contributed by atoms with van der Waals surface area (Å²) < 4.78 is 5.26. The highest BCUT2D eigenvalue weighted by molar-refractivity contribution is 5.56. The van der Waals surface area contributed by atoms with E-state index in [9.17, 15) is 20.1 Å². The Labute approximate surface area is 110 Å². The molecular formula is C13H18O6. The van der Waals surface area contributed by atoms with Crippen LogP contribution in [-0.4, -0.2) is 57.7 Å². The molecule has 6 heteroatoms. The molecule has 19 heavy (non-hydrogen) atoms. The minimum Gasteiger partial charge on any atom is -0.394 e. The SMILES string of the molecule is O=C[C@@H](O)[C@@H](OCc1ccccc1)[C@H](O)[C@H](O)CO. The lowest BCUT2D eigenvalue weighted by Gasteiger charge is -2.27. The summed E-state index contributed by atoms with van der Waals surface area (Å²) in [5, 5.41) is 37.3. The van der Waals surface area contributed by atoms with Gasteiger partial charge in [-0.05, 0) is 5.56 Å². The minimum absolute atomic E-state index is 0.0611. The summed E-state index contributed by atoms with van der Waals surface area (Å²) in [6.45, 7) is -0.635. The highest BCUT2D eigenvalue weighted by atomic mass is 16.5. The molecule has 6 nitrogen and oxygen atoms in total. The first-order valence-electron chi connectivity index (χ1n) is 5.86. The standard InChI is InChI=1S/C13H18O6/c14-6-10(16)12(18)13(11(17)7-15)19-8-9-4-2-1-3-5-9/h1-5,7,10-14,16-18H,6,8H2/t10-,11-,12-,13-/m1/s1. The van der Waals surface area contributed by atoms with E-state index < -0.39 is 31.0 Å². The van der Waals surface area contributed by atoms with Gasteiger partial charge in [-0.1, -0.05) is 30.3 Å². The molecule has 0 aromatic heterocycles. The Morgan fingerprint density at radius 3 is 2.32 bits per heavy atom. The Bertz CT molecular complexity index is 369. The van der Waals surface area contributed by atoms with E-state index in [0.29, 0.717) is 0 Å². The molecule has 0 saturated carbocycles. The van der Waals surface area contributed by atoms with Crippen LogP contribution in [0, 0.1) is 0 Å². The average Bonchev–Trinajstić information content (AvgIpc) is 2.47. The van der Waals surface area contributed by atoms with Crippen molar-refractivity contribution in [2.75, 3.05) is 6.61 Å². The maximum atomic E-state index is 10.6. The third-order valence-electron chi connectivity index (χ3n) is 2.68. The van der Waals surface area contributed by atoms with Crippen LogP contribution in [0.25, 0.3) is 0 Å². The summed E-state index contributed by atoms with van der Waals surface area (Å²) in [4.78, 5) is 10.6. The molecule has 0 fully saturated rings. The maximum Gasteiger partial charge on any atom is 0.151 e. The Hall–Kier alpha value is -1.31. The van der Waals surface area contributed by atoms with Crippen molar-refractivity contribution in [3.63, 3.8) is 0 Å². The number of carbonyl (C=O) groups is 1. The fourth-order valence-electron chi connectivity index (χ4n) is 1.57. The van der Waals surface area contributed by atoms with Crippen LogP contribution in [0.3, 0.4) is 0 Å². The average molecular weight is 270 g/mol. The second-order valence-corrected chi connectivity index (χ2v) is 4.13. The molecule has 0 aliphatic heterocycles. The molecule has 1 rings (SSSR count). The number of carbonyl (C=O) groups excluding carboxylic acids is 1. The molecule has 0 heterocycles. The molecule has 4 atom stereocenters. The lowest BCUT2D eigenvalue weighted by atomic mass is 10.0. The topological polar surface area (TPSA) is 107 Å². The number of rotatable bonds is 8. The van der Waals surface area contributed by atoms with Crippen molar-refractivity contribution in [3.05, 3.63) is 35.9 Å². The predicted octanol–water partition coefficient (Wildman–Crippen LogP) is -1.15. The molecule has 0 amide bonds. The van der Waals surface area contributed by atoms with Crippen molar-refractivity contribution < 1.29 is 30.0 Å². The molecule has 1 aromatic carbocycles. The van der Waals surface area contributed by atoms with Crippen molar-refractivity contribution in [2.45, 2.75) is 31.0 Å². The van der Waals surface area contributed by atoms with Crippen LogP contribution in [-0.2, 0) is 16.1 Å². The van der Waals surface area contributed by atoms with Gasteiger partial charge in [-0.25, -0.2) is 0 Å². The van der Waals surface area contributed by atoms with E-state index in [4.69, 9.17) is 9.84 Å². The third kappa shape index (κ3) is 4.70. The molecule has 0 aliphatic rings. The molecule has 1 aromatic rings. The van der Waals surface area contributed by atoms with E-state index in [1.807, 2.05) is 6.07 Å². The highest BCUT2D eigenvalue weighted by Gasteiger charge is 2.32. The second-order valence-electron chi connectivity index (χ2n) is 4.13. The zero-order valence-corrected chi connectivity index (χ0v) is 10.3. The first-order chi connectivity index (χ1) is 9.10. The zero-order valence-electron chi connectivity index (χ0n) is 10.3. The lowest BCUT2D eigenvalue weighted by Crippen LogP contribution is -2.47. The van der Waals surface area contributed by atoms with Crippen LogP contribution < -0.4 is 0 Å². The summed E-state index contributed by atoms with van der Waals surface area (Å²) in [6, 6.07) is 8.97. The van der Waals surface area contributed by atoms with Gasteiger partial charge in [0.05, 0.1) is 13.2 Å². The van der Waals surface area contributed by atoms with Gasteiger partial charge in [0.1, 0.15) is 24.4 Å². The second kappa shape index (κ2) is 7.98. The molecule has 4 N–H and O–H groups in total. The van der Waals surface area contributed by atoms with Crippen LogP contribution in [0.5, 0.6) is 0 Å². The van der Waals surface area contributed by atoms with E-state index in [1.54, 1.807) is 24.3 Å². The highest BCUT2D eigenvalue weighted by Crippen LogP contribution is 2.12. The quantitative estimate of drug-likeness (QED) is 0.444. The van der Waals surface area contributed by atoms with Crippen LogP contribution in [0.15, 0.2) is 30.3 Å². The normalized spacial score (nSPS) is 17.5. The van der Waals surface area contributed by atoms with Crippen LogP contribution in [0.1, 0.15) is 5.56 Å². The van der Waals surface area contributed by atoms with Crippen LogP contribution in [0.4, 0.5) is 0 Å². The molecule has 0 unspecified atom stereocenters. The van der Waals surface area contributed by atoms with Crippen molar-refractivity contribution in [1.82, 2.24) is 0 Å². The summed E-state index contributed by atoms with van der Waals surface area (Å²) in [6.07, 6.45) is -5.73. The lowest BCUT2D eigenvalue weighted by molar-refractivity contribution is -0.153. The van der Waals surface area contributed by atoms with E-state index in [2.05, 4.69) is 0 Å². The molecule has 106 valence electrons. The summed E-state index contributed by atoms with van der Waals surface area (Å²) in [7, 11) is 0. The van der Waals surface area contributed by atoms with Crippen molar-refractivity contribution in [2.24, 2.45) is 0 Å². The summed E-state index contributed by atoms with van der Waals surface area (Å²) >= 11 is 0. The Balaban J connectivity index is 2.67. The van der Waals surface area contributed by atoms with Gasteiger partial charge < -0.3 is 30.0 Å². The van der Waals surface area contributed by atoms with E-state index in [1.165, 1.54) is 0 Å². The van der Waals surface area contributed by atoms with E-state index in [-0.39, 0.29) is 12.9 Å². The largest absolute Gasteiger partial charge is 0.394 e. The predicted molar refractivity (Wildman–Crippen MR) is 66.2 cm³/mol. The van der Waals surface area contributed by atoms with Gasteiger partial charge in [0.25, 0.3) is 0 Å². The number of aliphatic hydroxyl groups excluding tert-OH is 4. The Morgan fingerprint density at radius 1 is 1.16 bits per heavy atom. The first kappa shape index (κ1) is 15.7. The third-order valence-corrected chi connectivity index (χ3v) is 2.68. The number of aldehydes is 1. The van der Waals surface area contributed by atoms with Crippen molar-refractivity contribution in [1.29, 1.82) is 0 Å². The summed E-state index contributed by atoms with van der Waals surface area (Å²) in [5.74, 6) is 0. The molecule has 0 aliphatic carbocycles. The number of ether oxygens (including phenoxy) is 1. The number of aliphatic hydroxyl groups is 4. The number of hydrogen-bond donors (Lipinski definition) is 4. The zero-order chi connectivity index (χ0) is 14.3. The smallest absolute Gasteiger partial charge is 0.151 e. The van der Waals surface area contributed by atoms with Gasteiger partial charge in [0.15, 0.2) is 6.29 Å². The van der Waals surface area contributed by atoms with Crippen molar-refractivity contribution in [3.8, 4) is 0 Å². The van der Waals surface area contributed by atoms with Crippen LogP contribution >= 0.6 is 0 Å². The molecule has 0 bridgehead atoms. The molecular weight excluding hydrogens is 252 g/mol. The molecule has 0 saturated heterocycles. The van der Waals surface area contributed by atoms with Gasteiger partial charge in [-0.15, -0.1) is 0 Å². The molecule has 0 radical (unpaired) electrons. The van der Waals surface area contributed by atoms with Gasteiger partial charge in [0.2, 0.25) is 0 Å². The monoisotopic (exact) mass is 270 g/mol. The van der Waals surface area contributed by atoms with Crippen molar-refractivity contribution >= 4 is 6.29 Å². The minimum atomic E-state index is -1.58. The fourth-order valence-corrected chi connectivity index (χ4v) is 1.57. The Morgan fingerprint density at radius 2 is 1.79 bits per heavy atom. The van der Waals surface area contributed by atoms with Crippen LogP contribution in [0.2, 0.25) is 0 Å². The van der Waals surface area contributed by atoms with E-state index in [0.717, 1.165) is 5.56 Å². The Kier molecular flexibility index (Phi) is 6.61. The van der Waals surface area contributed by atoms with Gasteiger partial charge in [-0.2, -0.15) is 0 Å². The number of benzene rings is 1. The van der Waals surface area contributed by atoms with E-state index >= 15 is 0 Å². The van der Waals surface area contributed by atoms with Gasteiger partial charge >= 0.3 is 0 Å². The fraction of sp³-hybridized carbons (Fsp3) is 0.462.